The Labute approximate surface area is 149 Å². The summed E-state index contributed by atoms with van der Waals surface area (Å²) in [5, 5.41) is 14.7. The highest BCUT2D eigenvalue weighted by molar-refractivity contribution is 7.17. The van der Waals surface area contributed by atoms with Crippen LogP contribution in [0.25, 0.3) is 10.2 Å². The second-order valence-electron chi connectivity index (χ2n) is 6.54. The molecule has 2 aromatic heterocycles. The number of hydrogen-bond donors (Lipinski definition) is 2. The largest absolute Gasteiger partial charge is 0.508 e. The van der Waals surface area contributed by atoms with E-state index < -0.39 is 0 Å². The lowest BCUT2D eigenvalue weighted by Crippen LogP contribution is -2.43. The number of thiophene rings is 1. The first-order valence-corrected chi connectivity index (χ1v) is 9.34. The standard InChI is InChI=1S/C18H18N4O2S/c23-12-3-1-11(2-4-12)19-18-20-15-7-8-25-16(15)17(21-18)22-9-13-5-6-14(10-22)24-13/h1-4,7-8,13-14,23H,5-6,9-10H2,(H,19,20,21). The van der Waals surface area contributed by atoms with Crippen LogP contribution in [-0.4, -0.2) is 40.4 Å². The average Bonchev–Trinajstić information content (AvgIpc) is 3.22. The van der Waals surface area contributed by atoms with E-state index >= 15 is 0 Å². The maximum absolute atomic E-state index is 9.43. The maximum Gasteiger partial charge on any atom is 0.229 e. The van der Waals surface area contributed by atoms with Crippen LogP contribution in [0.5, 0.6) is 5.75 Å². The third-order valence-electron chi connectivity index (χ3n) is 4.75. The molecule has 0 spiro atoms. The van der Waals surface area contributed by atoms with Gasteiger partial charge in [-0.05, 0) is 48.6 Å². The predicted octanol–water partition coefficient (Wildman–Crippen LogP) is 3.51. The number of rotatable bonds is 3. The smallest absolute Gasteiger partial charge is 0.229 e. The van der Waals surface area contributed by atoms with Crippen LogP contribution in [0.3, 0.4) is 0 Å². The van der Waals surface area contributed by atoms with Crippen molar-refractivity contribution in [2.24, 2.45) is 0 Å². The van der Waals surface area contributed by atoms with Crippen molar-refractivity contribution >= 4 is 39.0 Å². The number of aromatic nitrogens is 2. The summed E-state index contributed by atoms with van der Waals surface area (Å²) in [5.41, 5.74) is 1.80. The quantitative estimate of drug-likeness (QED) is 0.702. The lowest BCUT2D eigenvalue weighted by atomic mass is 10.2. The average molecular weight is 354 g/mol. The lowest BCUT2D eigenvalue weighted by molar-refractivity contribution is 0.0303. The summed E-state index contributed by atoms with van der Waals surface area (Å²) in [6.07, 6.45) is 2.91. The lowest BCUT2D eigenvalue weighted by Gasteiger charge is -2.33. The summed E-state index contributed by atoms with van der Waals surface area (Å²) in [7, 11) is 0. The van der Waals surface area contributed by atoms with Gasteiger partial charge in [-0.2, -0.15) is 4.98 Å². The highest BCUT2D eigenvalue weighted by Crippen LogP contribution is 2.35. The number of phenols is 1. The zero-order valence-corrected chi connectivity index (χ0v) is 14.4. The molecule has 4 heterocycles. The number of morpholine rings is 1. The van der Waals surface area contributed by atoms with Crippen LogP contribution in [0.1, 0.15) is 12.8 Å². The van der Waals surface area contributed by atoms with Crippen LogP contribution < -0.4 is 10.2 Å². The predicted molar refractivity (Wildman–Crippen MR) is 98.9 cm³/mol. The highest BCUT2D eigenvalue weighted by atomic mass is 32.1. The van der Waals surface area contributed by atoms with Gasteiger partial charge in [0.15, 0.2) is 5.82 Å². The van der Waals surface area contributed by atoms with Crippen molar-refractivity contribution in [3.05, 3.63) is 35.7 Å². The fourth-order valence-corrected chi connectivity index (χ4v) is 4.43. The van der Waals surface area contributed by atoms with Crippen LogP contribution in [-0.2, 0) is 4.74 Å². The van der Waals surface area contributed by atoms with Gasteiger partial charge in [0.1, 0.15) is 5.75 Å². The molecule has 0 amide bonds. The second kappa shape index (κ2) is 5.86. The fraction of sp³-hybridized carbons (Fsp3) is 0.333. The zero-order chi connectivity index (χ0) is 16.8. The molecule has 2 unspecified atom stereocenters. The zero-order valence-electron chi connectivity index (χ0n) is 13.6. The van der Waals surface area contributed by atoms with Gasteiger partial charge in [-0.25, -0.2) is 4.98 Å². The van der Waals surface area contributed by atoms with Crippen molar-refractivity contribution in [2.75, 3.05) is 23.3 Å². The molecule has 5 rings (SSSR count). The van der Waals surface area contributed by atoms with Crippen molar-refractivity contribution in [1.29, 1.82) is 0 Å². The molecule has 2 fully saturated rings. The molecule has 25 heavy (non-hydrogen) atoms. The van der Waals surface area contributed by atoms with E-state index in [1.807, 2.05) is 18.2 Å². The van der Waals surface area contributed by atoms with Crippen LogP contribution in [0.15, 0.2) is 35.7 Å². The van der Waals surface area contributed by atoms with Crippen molar-refractivity contribution in [3.63, 3.8) is 0 Å². The minimum atomic E-state index is 0.240. The molecule has 2 aliphatic rings. The molecule has 2 bridgehead atoms. The first kappa shape index (κ1) is 14.9. The molecule has 2 aliphatic heterocycles. The Bertz CT molecular complexity index is 899. The van der Waals surface area contributed by atoms with Crippen molar-refractivity contribution in [3.8, 4) is 5.75 Å². The van der Waals surface area contributed by atoms with E-state index in [1.165, 1.54) is 0 Å². The molecule has 0 saturated carbocycles. The van der Waals surface area contributed by atoms with Gasteiger partial charge in [0, 0.05) is 18.8 Å². The molecule has 2 N–H and O–H groups in total. The normalized spacial score (nSPS) is 22.5. The van der Waals surface area contributed by atoms with Gasteiger partial charge in [0.2, 0.25) is 5.95 Å². The molecule has 7 heteroatoms. The Morgan fingerprint density at radius 2 is 1.84 bits per heavy atom. The minimum absolute atomic E-state index is 0.240. The Kier molecular flexibility index (Phi) is 3.50. The molecule has 1 aromatic carbocycles. The van der Waals surface area contributed by atoms with Gasteiger partial charge < -0.3 is 20.1 Å². The van der Waals surface area contributed by atoms with E-state index in [-0.39, 0.29) is 5.75 Å². The Morgan fingerprint density at radius 1 is 1.08 bits per heavy atom. The van der Waals surface area contributed by atoms with Crippen LogP contribution in [0.2, 0.25) is 0 Å². The number of nitrogens with zero attached hydrogens (tertiary/aromatic N) is 3. The molecule has 2 atom stereocenters. The summed E-state index contributed by atoms with van der Waals surface area (Å²) in [6.45, 7) is 1.78. The molecule has 0 radical (unpaired) electrons. The van der Waals surface area contributed by atoms with Gasteiger partial charge >= 0.3 is 0 Å². The number of aromatic hydroxyl groups is 1. The minimum Gasteiger partial charge on any atom is -0.508 e. The number of phenolic OH excluding ortho intramolecular Hbond substituents is 1. The van der Waals surface area contributed by atoms with E-state index in [1.54, 1.807) is 23.5 Å². The first-order chi connectivity index (χ1) is 12.2. The molecule has 2 saturated heterocycles. The summed E-state index contributed by atoms with van der Waals surface area (Å²) in [5.74, 6) is 1.80. The van der Waals surface area contributed by atoms with E-state index in [4.69, 9.17) is 9.72 Å². The fourth-order valence-electron chi connectivity index (χ4n) is 3.58. The van der Waals surface area contributed by atoms with Gasteiger partial charge in [-0.15, -0.1) is 11.3 Å². The van der Waals surface area contributed by atoms with Crippen LogP contribution >= 0.6 is 11.3 Å². The molecule has 6 nitrogen and oxygen atoms in total. The third-order valence-corrected chi connectivity index (χ3v) is 5.65. The summed E-state index contributed by atoms with van der Waals surface area (Å²) < 4.78 is 7.08. The van der Waals surface area contributed by atoms with Gasteiger partial charge in [0.05, 0.1) is 22.4 Å². The Balaban J connectivity index is 1.51. The Hall–Kier alpha value is -2.38. The molecule has 128 valence electrons. The molecule has 0 aliphatic carbocycles. The monoisotopic (exact) mass is 354 g/mol. The van der Waals surface area contributed by atoms with E-state index in [0.29, 0.717) is 18.2 Å². The number of hydrogen-bond acceptors (Lipinski definition) is 7. The van der Waals surface area contributed by atoms with E-state index in [9.17, 15) is 5.11 Å². The maximum atomic E-state index is 9.43. The van der Waals surface area contributed by atoms with E-state index in [0.717, 1.165) is 47.7 Å². The van der Waals surface area contributed by atoms with Gasteiger partial charge in [-0.1, -0.05) is 0 Å². The number of nitrogens with one attached hydrogen (secondary N) is 1. The van der Waals surface area contributed by atoms with E-state index in [2.05, 4.69) is 20.6 Å². The van der Waals surface area contributed by atoms with Crippen LogP contribution in [0, 0.1) is 0 Å². The summed E-state index contributed by atoms with van der Waals surface area (Å²) >= 11 is 1.68. The first-order valence-electron chi connectivity index (χ1n) is 8.46. The van der Waals surface area contributed by atoms with Gasteiger partial charge in [-0.3, -0.25) is 0 Å². The number of anilines is 3. The summed E-state index contributed by atoms with van der Waals surface area (Å²) in [4.78, 5) is 11.8. The number of benzene rings is 1. The third kappa shape index (κ3) is 2.79. The molecular weight excluding hydrogens is 336 g/mol. The SMILES string of the molecule is Oc1ccc(Nc2nc(N3CC4CCC(C3)O4)c3sccc3n2)cc1. The number of fused-ring (bicyclic) bond motifs is 3. The topological polar surface area (TPSA) is 70.5 Å². The molecule has 3 aromatic rings. The van der Waals surface area contributed by atoms with Crippen molar-refractivity contribution in [1.82, 2.24) is 9.97 Å². The summed E-state index contributed by atoms with van der Waals surface area (Å²) in [6, 6.07) is 8.94. The van der Waals surface area contributed by atoms with Gasteiger partial charge in [0.25, 0.3) is 0 Å². The highest BCUT2D eigenvalue weighted by Gasteiger charge is 2.35. The molecular formula is C18H18N4O2S. The second-order valence-corrected chi connectivity index (χ2v) is 7.46. The van der Waals surface area contributed by atoms with Crippen LogP contribution in [0.4, 0.5) is 17.5 Å². The van der Waals surface area contributed by atoms with Crippen molar-refractivity contribution in [2.45, 2.75) is 25.0 Å². The van der Waals surface area contributed by atoms with Crippen molar-refractivity contribution < 1.29 is 9.84 Å². The Morgan fingerprint density at radius 3 is 2.60 bits per heavy atom. The number of ether oxygens (including phenoxy) is 1.